The van der Waals surface area contributed by atoms with Crippen LogP contribution in [-0.2, 0) is 4.79 Å². The molecule has 0 heterocycles. The van der Waals surface area contributed by atoms with Gasteiger partial charge < -0.3 is 10.6 Å². The summed E-state index contributed by atoms with van der Waals surface area (Å²) in [5.41, 5.74) is 1.47. The molecule has 4 nitrogen and oxygen atoms in total. The third-order valence-electron chi connectivity index (χ3n) is 2.80. The summed E-state index contributed by atoms with van der Waals surface area (Å²) in [5.74, 6) is -0.349. The summed E-state index contributed by atoms with van der Waals surface area (Å²) < 4.78 is 0.848. The Morgan fingerprint density at radius 2 is 2.11 bits per heavy atom. The molecule has 1 aliphatic rings. The molecule has 2 N–H and O–H groups in total. The van der Waals surface area contributed by atoms with E-state index in [9.17, 15) is 9.59 Å². The molecule has 1 fully saturated rings. The molecule has 5 heteroatoms. The van der Waals surface area contributed by atoms with Crippen LogP contribution in [0.1, 0.15) is 28.8 Å². The van der Waals surface area contributed by atoms with E-state index in [1.54, 1.807) is 6.07 Å². The highest BCUT2D eigenvalue weighted by Gasteiger charge is 2.23. The Balaban J connectivity index is 1.90. The van der Waals surface area contributed by atoms with Crippen molar-refractivity contribution >= 4 is 27.7 Å². The van der Waals surface area contributed by atoms with Crippen molar-refractivity contribution in [3.63, 3.8) is 0 Å². The van der Waals surface area contributed by atoms with Crippen LogP contribution in [0.25, 0.3) is 0 Å². The molecule has 0 bridgehead atoms. The molecular formula is C13H15BrN2O2. The Hall–Kier alpha value is -1.36. The molecule has 1 aliphatic carbocycles. The highest BCUT2D eigenvalue weighted by atomic mass is 79.9. The van der Waals surface area contributed by atoms with Gasteiger partial charge in [-0.15, -0.1) is 0 Å². The number of carbonyl (C=O) groups excluding carboxylic acids is 2. The number of carbonyl (C=O) groups is 2. The van der Waals surface area contributed by atoms with Crippen molar-refractivity contribution in [2.45, 2.75) is 25.8 Å². The Morgan fingerprint density at radius 3 is 2.78 bits per heavy atom. The van der Waals surface area contributed by atoms with Crippen molar-refractivity contribution in [3.05, 3.63) is 33.8 Å². The topological polar surface area (TPSA) is 58.2 Å². The van der Waals surface area contributed by atoms with Crippen molar-refractivity contribution in [1.29, 1.82) is 0 Å². The monoisotopic (exact) mass is 310 g/mol. The molecule has 0 atom stereocenters. The van der Waals surface area contributed by atoms with Gasteiger partial charge in [0, 0.05) is 16.1 Å². The van der Waals surface area contributed by atoms with Gasteiger partial charge in [-0.2, -0.15) is 0 Å². The van der Waals surface area contributed by atoms with Crippen LogP contribution in [0.15, 0.2) is 22.7 Å². The van der Waals surface area contributed by atoms with E-state index in [1.165, 1.54) is 0 Å². The second kappa shape index (κ2) is 5.52. The first-order chi connectivity index (χ1) is 8.56. The summed E-state index contributed by atoms with van der Waals surface area (Å²) in [5, 5.41) is 5.45. The van der Waals surface area contributed by atoms with Crippen molar-refractivity contribution in [2.75, 3.05) is 6.54 Å². The van der Waals surface area contributed by atoms with E-state index in [0.717, 1.165) is 22.9 Å². The Labute approximate surface area is 114 Å². The zero-order chi connectivity index (χ0) is 13.1. The van der Waals surface area contributed by atoms with Crippen LogP contribution in [0.4, 0.5) is 0 Å². The minimum Gasteiger partial charge on any atom is -0.352 e. The lowest BCUT2D eigenvalue weighted by Crippen LogP contribution is -2.38. The summed E-state index contributed by atoms with van der Waals surface area (Å²) in [6.45, 7) is 1.90. The molecule has 96 valence electrons. The Bertz CT molecular complexity index is 484. The average molecular weight is 311 g/mol. The van der Waals surface area contributed by atoms with Crippen LogP contribution in [0, 0.1) is 6.92 Å². The lowest BCUT2D eigenvalue weighted by Gasteiger charge is -2.08. The Kier molecular flexibility index (Phi) is 4.01. The largest absolute Gasteiger partial charge is 0.352 e. The van der Waals surface area contributed by atoms with Gasteiger partial charge in [0.2, 0.25) is 5.91 Å². The fraction of sp³-hybridized carbons (Fsp3) is 0.385. The van der Waals surface area contributed by atoms with Crippen molar-refractivity contribution in [2.24, 2.45) is 0 Å². The molecule has 0 radical (unpaired) electrons. The molecule has 0 saturated heterocycles. The second-order valence-corrected chi connectivity index (χ2v) is 5.40. The molecule has 1 saturated carbocycles. The summed E-state index contributed by atoms with van der Waals surface area (Å²) in [6.07, 6.45) is 2.09. The van der Waals surface area contributed by atoms with E-state index < -0.39 is 0 Å². The summed E-state index contributed by atoms with van der Waals surface area (Å²) in [7, 11) is 0. The van der Waals surface area contributed by atoms with Gasteiger partial charge in [0.1, 0.15) is 0 Å². The third kappa shape index (κ3) is 3.57. The minimum absolute atomic E-state index is 0.0291. The normalized spacial score (nSPS) is 14.1. The molecule has 2 rings (SSSR count). The number of aryl methyl sites for hydroxylation is 1. The van der Waals surface area contributed by atoms with Gasteiger partial charge in [-0.05, 0) is 37.5 Å². The SMILES string of the molecule is Cc1ccc(Br)cc1C(=O)NCC(=O)NC1CC1. The van der Waals surface area contributed by atoms with Crippen LogP contribution in [0.2, 0.25) is 0 Å². The summed E-state index contributed by atoms with van der Waals surface area (Å²) >= 11 is 3.33. The molecule has 2 amide bonds. The maximum absolute atomic E-state index is 11.9. The molecule has 0 unspecified atom stereocenters. The average Bonchev–Trinajstić information content (AvgIpc) is 3.13. The number of hydrogen-bond donors (Lipinski definition) is 2. The van der Waals surface area contributed by atoms with Crippen molar-refractivity contribution in [3.8, 4) is 0 Å². The number of amides is 2. The summed E-state index contributed by atoms with van der Waals surface area (Å²) in [6, 6.07) is 5.82. The fourth-order valence-electron chi connectivity index (χ4n) is 1.60. The van der Waals surface area contributed by atoms with Crippen LogP contribution >= 0.6 is 15.9 Å². The predicted molar refractivity (Wildman–Crippen MR) is 72.4 cm³/mol. The molecule has 18 heavy (non-hydrogen) atoms. The van der Waals surface area contributed by atoms with E-state index >= 15 is 0 Å². The van der Waals surface area contributed by atoms with Gasteiger partial charge in [0.05, 0.1) is 6.54 Å². The van der Waals surface area contributed by atoms with Gasteiger partial charge in [0.15, 0.2) is 0 Å². The van der Waals surface area contributed by atoms with Gasteiger partial charge in [-0.3, -0.25) is 9.59 Å². The van der Waals surface area contributed by atoms with Crippen molar-refractivity contribution in [1.82, 2.24) is 10.6 Å². The first-order valence-corrected chi connectivity index (χ1v) is 6.69. The lowest BCUT2D eigenvalue weighted by molar-refractivity contribution is -0.120. The standard InChI is InChI=1S/C13H15BrN2O2/c1-8-2-3-9(14)6-11(8)13(18)15-7-12(17)16-10-4-5-10/h2-3,6,10H,4-5,7H2,1H3,(H,15,18)(H,16,17). The highest BCUT2D eigenvalue weighted by molar-refractivity contribution is 9.10. The van der Waals surface area contributed by atoms with Crippen LogP contribution in [0.3, 0.4) is 0 Å². The predicted octanol–water partition coefficient (Wildman–Crippen LogP) is 1.77. The van der Waals surface area contributed by atoms with Crippen LogP contribution in [0.5, 0.6) is 0 Å². The molecule has 1 aromatic rings. The zero-order valence-electron chi connectivity index (χ0n) is 10.1. The fourth-order valence-corrected chi connectivity index (χ4v) is 1.96. The first kappa shape index (κ1) is 13.1. The van der Waals surface area contributed by atoms with E-state index in [0.29, 0.717) is 11.6 Å². The molecule has 1 aromatic carbocycles. The highest BCUT2D eigenvalue weighted by Crippen LogP contribution is 2.18. The minimum atomic E-state index is -0.222. The Morgan fingerprint density at radius 1 is 1.39 bits per heavy atom. The number of hydrogen-bond acceptors (Lipinski definition) is 2. The number of halogens is 1. The van der Waals surface area contributed by atoms with Gasteiger partial charge >= 0.3 is 0 Å². The lowest BCUT2D eigenvalue weighted by atomic mass is 10.1. The maximum atomic E-state index is 11.9. The van der Waals surface area contributed by atoms with E-state index in [1.807, 2.05) is 19.1 Å². The smallest absolute Gasteiger partial charge is 0.252 e. The maximum Gasteiger partial charge on any atom is 0.252 e. The van der Waals surface area contributed by atoms with E-state index in [-0.39, 0.29) is 18.4 Å². The first-order valence-electron chi connectivity index (χ1n) is 5.90. The van der Waals surface area contributed by atoms with Gasteiger partial charge in [-0.1, -0.05) is 22.0 Å². The quantitative estimate of drug-likeness (QED) is 0.890. The molecule has 0 spiro atoms. The van der Waals surface area contributed by atoms with Gasteiger partial charge in [-0.25, -0.2) is 0 Å². The molecular weight excluding hydrogens is 296 g/mol. The van der Waals surface area contributed by atoms with Crippen molar-refractivity contribution < 1.29 is 9.59 Å². The number of benzene rings is 1. The third-order valence-corrected chi connectivity index (χ3v) is 3.29. The van der Waals surface area contributed by atoms with Crippen LogP contribution in [-0.4, -0.2) is 24.4 Å². The number of nitrogens with one attached hydrogen (secondary N) is 2. The van der Waals surface area contributed by atoms with E-state index in [4.69, 9.17) is 0 Å². The molecule has 0 aliphatic heterocycles. The zero-order valence-corrected chi connectivity index (χ0v) is 11.7. The van der Waals surface area contributed by atoms with Crippen LogP contribution < -0.4 is 10.6 Å². The molecule has 0 aromatic heterocycles. The second-order valence-electron chi connectivity index (χ2n) is 4.48. The van der Waals surface area contributed by atoms with Gasteiger partial charge in [0.25, 0.3) is 5.91 Å². The number of rotatable bonds is 4. The summed E-state index contributed by atoms with van der Waals surface area (Å²) in [4.78, 5) is 23.4. The van der Waals surface area contributed by atoms with E-state index in [2.05, 4.69) is 26.6 Å².